The van der Waals surface area contributed by atoms with Gasteiger partial charge in [0.25, 0.3) is 5.22 Å². The molecule has 150 valence electrons. The smallest absolute Gasteiger partial charge is 0.342 e. The molecule has 3 aromatic rings. The molecule has 1 aromatic heterocycles. The lowest BCUT2D eigenvalue weighted by atomic mass is 10.1. The fourth-order valence-electron chi connectivity index (χ4n) is 2.44. The normalized spacial score (nSPS) is 11.3. The number of hydrogen-bond acceptors (Lipinski definition) is 7. The number of nitrogens with zero attached hydrogens (tertiary/aromatic N) is 2. The van der Waals surface area contributed by atoms with E-state index < -0.39 is 5.97 Å². The third kappa shape index (κ3) is 5.61. The van der Waals surface area contributed by atoms with E-state index in [1.165, 1.54) is 18.7 Å². The van der Waals surface area contributed by atoms with Gasteiger partial charge in [-0.1, -0.05) is 35.9 Å². The molecule has 0 bridgehead atoms. The lowest BCUT2D eigenvalue weighted by Crippen LogP contribution is -1.99. The van der Waals surface area contributed by atoms with Crippen molar-refractivity contribution in [3.05, 3.63) is 70.0 Å². The summed E-state index contributed by atoms with van der Waals surface area (Å²) in [7, 11) is 1.54. The van der Waals surface area contributed by atoms with Crippen molar-refractivity contribution in [1.82, 2.24) is 10.2 Å². The maximum Gasteiger partial charge on any atom is 0.342 e. The summed E-state index contributed by atoms with van der Waals surface area (Å²) >= 11 is 0.888. The standard InChI is InChI=1S/C21H20N2O5S/c1-13-4-6-15(7-5-13)12-27-17-9-8-16(10-18(17)26-3)11-19(20(24)25)29-21-23-22-14(2)28-21/h4-11H,12H2,1-3H3,(H,24,25)/b19-11-. The molecule has 8 heteroatoms. The molecule has 29 heavy (non-hydrogen) atoms. The van der Waals surface area contributed by atoms with Gasteiger partial charge in [-0.15, -0.1) is 10.2 Å². The molecule has 0 saturated carbocycles. The van der Waals surface area contributed by atoms with Crippen LogP contribution in [0.15, 0.2) is 57.0 Å². The van der Waals surface area contributed by atoms with Gasteiger partial charge in [0.05, 0.1) is 7.11 Å². The van der Waals surface area contributed by atoms with Gasteiger partial charge in [0, 0.05) is 6.92 Å². The number of aliphatic carboxylic acids is 1. The summed E-state index contributed by atoms with van der Waals surface area (Å²) in [5.74, 6) is 0.356. The number of carbonyl (C=O) groups is 1. The van der Waals surface area contributed by atoms with Crippen molar-refractivity contribution < 1.29 is 23.8 Å². The van der Waals surface area contributed by atoms with Crippen molar-refractivity contribution in [2.75, 3.05) is 7.11 Å². The van der Waals surface area contributed by atoms with Crippen molar-refractivity contribution in [3.63, 3.8) is 0 Å². The van der Waals surface area contributed by atoms with Crippen LogP contribution in [0.25, 0.3) is 6.08 Å². The van der Waals surface area contributed by atoms with Gasteiger partial charge in [-0.25, -0.2) is 4.79 Å². The highest BCUT2D eigenvalue weighted by Gasteiger charge is 2.15. The van der Waals surface area contributed by atoms with E-state index >= 15 is 0 Å². The van der Waals surface area contributed by atoms with E-state index in [9.17, 15) is 9.90 Å². The molecule has 0 atom stereocenters. The lowest BCUT2D eigenvalue weighted by molar-refractivity contribution is -0.131. The second-order valence-corrected chi connectivity index (χ2v) is 7.18. The van der Waals surface area contributed by atoms with Crippen LogP contribution in [0.5, 0.6) is 11.5 Å². The fraction of sp³-hybridized carbons (Fsp3) is 0.190. The average molecular weight is 412 g/mol. The zero-order chi connectivity index (χ0) is 20.8. The van der Waals surface area contributed by atoms with Crippen molar-refractivity contribution in [3.8, 4) is 11.5 Å². The molecule has 7 nitrogen and oxygen atoms in total. The first-order valence-corrected chi connectivity index (χ1v) is 9.55. The van der Waals surface area contributed by atoms with Gasteiger partial charge in [-0.2, -0.15) is 0 Å². The van der Waals surface area contributed by atoms with Gasteiger partial charge < -0.3 is 19.0 Å². The minimum Gasteiger partial charge on any atom is -0.493 e. The molecule has 0 unspecified atom stereocenters. The minimum absolute atomic E-state index is 0.0454. The zero-order valence-electron chi connectivity index (χ0n) is 16.2. The maximum atomic E-state index is 11.6. The minimum atomic E-state index is -1.09. The van der Waals surface area contributed by atoms with E-state index in [4.69, 9.17) is 13.9 Å². The first-order valence-electron chi connectivity index (χ1n) is 8.74. The van der Waals surface area contributed by atoms with Crippen LogP contribution in [-0.2, 0) is 11.4 Å². The quantitative estimate of drug-likeness (QED) is 0.427. The molecule has 0 spiro atoms. The lowest BCUT2D eigenvalue weighted by Gasteiger charge is -2.12. The molecule has 3 rings (SSSR count). The summed E-state index contributed by atoms with van der Waals surface area (Å²) in [6.07, 6.45) is 1.51. The van der Waals surface area contributed by atoms with Crippen molar-refractivity contribution in [1.29, 1.82) is 0 Å². The van der Waals surface area contributed by atoms with E-state index in [1.54, 1.807) is 25.1 Å². The number of carboxylic acids is 1. The topological polar surface area (TPSA) is 94.7 Å². The predicted octanol–water partition coefficient (Wildman–Crippen LogP) is 4.49. The number of thioether (sulfide) groups is 1. The number of aryl methyl sites for hydroxylation is 2. The first kappa shape index (κ1) is 20.5. The summed E-state index contributed by atoms with van der Waals surface area (Å²) in [6.45, 7) is 4.07. The fourth-order valence-corrected chi connectivity index (χ4v) is 3.15. The van der Waals surface area contributed by atoms with Gasteiger partial charge in [0.15, 0.2) is 11.5 Å². The Morgan fingerprint density at radius 3 is 2.52 bits per heavy atom. The van der Waals surface area contributed by atoms with Gasteiger partial charge in [-0.05, 0) is 48.0 Å². The number of ether oxygens (including phenoxy) is 2. The molecule has 1 N–H and O–H groups in total. The Bertz CT molecular complexity index is 1030. The maximum absolute atomic E-state index is 11.6. The molecule has 0 radical (unpaired) electrons. The summed E-state index contributed by atoms with van der Waals surface area (Å²) < 4.78 is 16.5. The van der Waals surface area contributed by atoms with Crippen LogP contribution >= 0.6 is 11.8 Å². The SMILES string of the molecule is COc1cc(/C=C(\Sc2nnc(C)o2)C(=O)O)ccc1OCc1ccc(C)cc1. The Balaban J connectivity index is 1.77. The predicted molar refractivity (Wildman–Crippen MR) is 109 cm³/mol. The van der Waals surface area contributed by atoms with Crippen LogP contribution in [0.4, 0.5) is 0 Å². The van der Waals surface area contributed by atoms with Crippen molar-refractivity contribution in [2.24, 2.45) is 0 Å². The van der Waals surface area contributed by atoms with E-state index in [2.05, 4.69) is 10.2 Å². The number of aromatic nitrogens is 2. The monoisotopic (exact) mass is 412 g/mol. The van der Waals surface area contributed by atoms with Gasteiger partial charge in [0.1, 0.15) is 11.5 Å². The molecule has 1 heterocycles. The molecular formula is C21H20N2O5S. The average Bonchev–Trinajstić information content (AvgIpc) is 3.12. The highest BCUT2D eigenvalue weighted by Crippen LogP contribution is 2.32. The summed E-state index contributed by atoms with van der Waals surface area (Å²) in [5.41, 5.74) is 2.87. The van der Waals surface area contributed by atoms with Crippen LogP contribution in [0.1, 0.15) is 22.6 Å². The molecule has 0 fully saturated rings. The number of rotatable bonds is 8. The summed E-state index contributed by atoms with van der Waals surface area (Å²) in [5, 5.41) is 17.2. The van der Waals surface area contributed by atoms with Crippen molar-refractivity contribution >= 4 is 23.8 Å². The summed E-state index contributed by atoms with van der Waals surface area (Å²) in [6, 6.07) is 13.3. The molecule has 2 aromatic carbocycles. The molecule has 0 aliphatic heterocycles. The highest BCUT2D eigenvalue weighted by atomic mass is 32.2. The number of carboxylic acid groups (broad SMARTS) is 1. The number of methoxy groups -OCH3 is 1. The second-order valence-electron chi connectivity index (χ2n) is 6.19. The Morgan fingerprint density at radius 1 is 1.14 bits per heavy atom. The Hall–Kier alpha value is -3.26. The third-order valence-corrected chi connectivity index (χ3v) is 4.77. The Kier molecular flexibility index (Phi) is 6.56. The van der Waals surface area contributed by atoms with Crippen LogP contribution in [0, 0.1) is 13.8 Å². The van der Waals surface area contributed by atoms with E-state index in [0.717, 1.165) is 17.3 Å². The van der Waals surface area contributed by atoms with Crippen LogP contribution < -0.4 is 9.47 Å². The molecule has 0 saturated heterocycles. The zero-order valence-corrected chi connectivity index (χ0v) is 17.0. The van der Waals surface area contributed by atoms with Crippen LogP contribution in [0.3, 0.4) is 0 Å². The highest BCUT2D eigenvalue weighted by molar-refractivity contribution is 8.03. The molecule has 0 aliphatic carbocycles. The second kappa shape index (κ2) is 9.29. The van der Waals surface area contributed by atoms with Crippen LogP contribution in [0.2, 0.25) is 0 Å². The van der Waals surface area contributed by atoms with E-state index in [1.807, 2.05) is 31.2 Å². The van der Waals surface area contributed by atoms with Gasteiger partial charge in [0.2, 0.25) is 5.89 Å². The first-order chi connectivity index (χ1) is 13.9. The third-order valence-electron chi connectivity index (χ3n) is 3.92. The summed E-state index contributed by atoms with van der Waals surface area (Å²) in [4.78, 5) is 11.6. The van der Waals surface area contributed by atoms with Gasteiger partial charge >= 0.3 is 5.97 Å². The van der Waals surface area contributed by atoms with E-state index in [-0.39, 0.29) is 10.1 Å². The number of benzene rings is 2. The Morgan fingerprint density at radius 2 is 1.90 bits per heavy atom. The largest absolute Gasteiger partial charge is 0.493 e. The number of hydrogen-bond donors (Lipinski definition) is 1. The van der Waals surface area contributed by atoms with Crippen molar-refractivity contribution in [2.45, 2.75) is 25.7 Å². The molecular weight excluding hydrogens is 392 g/mol. The van der Waals surface area contributed by atoms with E-state index in [0.29, 0.717) is 29.6 Å². The molecule has 0 aliphatic rings. The van der Waals surface area contributed by atoms with Crippen LogP contribution in [-0.4, -0.2) is 28.4 Å². The molecule has 0 amide bonds. The Labute approximate surface area is 172 Å². The van der Waals surface area contributed by atoms with Gasteiger partial charge in [-0.3, -0.25) is 0 Å².